The number of halogens is 2. The van der Waals surface area contributed by atoms with E-state index in [9.17, 15) is 0 Å². The lowest BCUT2D eigenvalue weighted by molar-refractivity contribution is 0.402. The molecule has 0 amide bonds. The third-order valence-electron chi connectivity index (χ3n) is 3.21. The van der Waals surface area contributed by atoms with E-state index < -0.39 is 0 Å². The number of ether oxygens (including phenoxy) is 1. The molecule has 114 valence electrons. The van der Waals surface area contributed by atoms with E-state index in [0.717, 1.165) is 34.6 Å². The number of nitrogens with one attached hydrogen (secondary N) is 1. The monoisotopic (exact) mass is 372 g/mol. The van der Waals surface area contributed by atoms with Crippen molar-refractivity contribution in [2.24, 2.45) is 7.05 Å². The van der Waals surface area contributed by atoms with Crippen LogP contribution in [-0.4, -0.2) is 28.6 Å². The van der Waals surface area contributed by atoms with Gasteiger partial charge in [0.1, 0.15) is 5.75 Å². The van der Waals surface area contributed by atoms with E-state index in [1.807, 2.05) is 25.2 Å². The molecule has 1 unspecified atom stereocenters. The molecule has 0 fully saturated rings. The molecule has 5 nitrogen and oxygen atoms in total. The highest BCUT2D eigenvalue weighted by atomic mass is 79.9. The number of aryl methyl sites for hydroxylation is 1. The largest absolute Gasteiger partial charge is 0.496 e. The predicted molar refractivity (Wildman–Crippen MR) is 86.8 cm³/mol. The van der Waals surface area contributed by atoms with E-state index >= 15 is 0 Å². The van der Waals surface area contributed by atoms with E-state index in [0.29, 0.717) is 5.02 Å². The molecule has 0 aliphatic carbocycles. The molecule has 0 bridgehead atoms. The predicted octanol–water partition coefficient (Wildman–Crippen LogP) is 3.33. The summed E-state index contributed by atoms with van der Waals surface area (Å²) in [5.74, 6) is 0.740. The first-order valence-corrected chi connectivity index (χ1v) is 7.87. The Morgan fingerprint density at radius 1 is 1.48 bits per heavy atom. The molecule has 0 spiro atoms. The van der Waals surface area contributed by atoms with Crippen LogP contribution in [0.5, 0.6) is 5.75 Å². The smallest absolute Gasteiger partial charge is 0.153 e. The quantitative estimate of drug-likeness (QED) is 0.844. The van der Waals surface area contributed by atoms with Gasteiger partial charge in [-0.3, -0.25) is 0 Å². The second-order valence-electron chi connectivity index (χ2n) is 4.66. The van der Waals surface area contributed by atoms with Crippen LogP contribution in [0.15, 0.2) is 22.8 Å². The zero-order valence-electron chi connectivity index (χ0n) is 12.2. The van der Waals surface area contributed by atoms with Crippen molar-refractivity contribution in [3.05, 3.63) is 39.1 Å². The minimum Gasteiger partial charge on any atom is -0.496 e. The van der Waals surface area contributed by atoms with Gasteiger partial charge in [-0.15, -0.1) is 5.10 Å². The summed E-state index contributed by atoms with van der Waals surface area (Å²) in [4.78, 5) is 0. The molecule has 0 saturated heterocycles. The van der Waals surface area contributed by atoms with Gasteiger partial charge in [-0.1, -0.05) is 29.8 Å². The number of rotatable bonds is 6. The van der Waals surface area contributed by atoms with Gasteiger partial charge in [-0.25, -0.2) is 4.68 Å². The first kappa shape index (κ1) is 16.3. The minimum atomic E-state index is -0.0773. The average molecular weight is 374 g/mol. The highest BCUT2D eigenvalue weighted by molar-refractivity contribution is 9.10. The van der Waals surface area contributed by atoms with Crippen molar-refractivity contribution >= 4 is 27.5 Å². The van der Waals surface area contributed by atoms with Crippen molar-refractivity contribution in [2.75, 3.05) is 13.7 Å². The summed E-state index contributed by atoms with van der Waals surface area (Å²) in [5.41, 5.74) is 1.95. The van der Waals surface area contributed by atoms with Crippen molar-refractivity contribution in [1.29, 1.82) is 0 Å². The van der Waals surface area contributed by atoms with E-state index in [-0.39, 0.29) is 6.04 Å². The molecule has 0 aliphatic rings. The maximum absolute atomic E-state index is 6.05. The Bertz CT molecular complexity index is 598. The van der Waals surface area contributed by atoms with Gasteiger partial charge in [0.25, 0.3) is 0 Å². The molecule has 0 aliphatic heterocycles. The van der Waals surface area contributed by atoms with Gasteiger partial charge in [0.15, 0.2) is 4.60 Å². The van der Waals surface area contributed by atoms with Crippen molar-refractivity contribution in [2.45, 2.75) is 19.4 Å². The molecule has 1 atom stereocenters. The summed E-state index contributed by atoms with van der Waals surface area (Å²) >= 11 is 9.52. The summed E-state index contributed by atoms with van der Waals surface area (Å²) < 4.78 is 7.95. The molecule has 21 heavy (non-hydrogen) atoms. The van der Waals surface area contributed by atoms with Gasteiger partial charge in [0, 0.05) is 17.6 Å². The van der Waals surface area contributed by atoms with Crippen LogP contribution in [0.3, 0.4) is 0 Å². The second-order valence-corrected chi connectivity index (χ2v) is 5.85. The number of methoxy groups -OCH3 is 1. The van der Waals surface area contributed by atoms with Gasteiger partial charge in [0.05, 0.1) is 18.8 Å². The van der Waals surface area contributed by atoms with Gasteiger partial charge in [-0.2, -0.15) is 0 Å². The molecule has 2 aromatic rings. The Morgan fingerprint density at radius 2 is 2.24 bits per heavy atom. The lowest BCUT2D eigenvalue weighted by atomic mass is 10.0. The van der Waals surface area contributed by atoms with E-state index in [1.54, 1.807) is 11.8 Å². The zero-order chi connectivity index (χ0) is 15.4. The van der Waals surface area contributed by atoms with Gasteiger partial charge < -0.3 is 10.1 Å². The van der Waals surface area contributed by atoms with E-state index in [2.05, 4.69) is 38.5 Å². The summed E-state index contributed by atoms with van der Waals surface area (Å²) in [6.07, 6.45) is 1.02. The van der Waals surface area contributed by atoms with Gasteiger partial charge >= 0.3 is 0 Å². The number of benzene rings is 1. The van der Waals surface area contributed by atoms with Crippen LogP contribution in [0.1, 0.15) is 30.6 Å². The fraction of sp³-hybridized carbons (Fsp3) is 0.429. The molecule has 1 aromatic carbocycles. The van der Waals surface area contributed by atoms with Crippen LogP contribution < -0.4 is 10.1 Å². The Hall–Kier alpha value is -1.11. The van der Waals surface area contributed by atoms with Crippen molar-refractivity contribution in [3.63, 3.8) is 0 Å². The summed E-state index contributed by atoms with van der Waals surface area (Å²) in [7, 11) is 3.51. The lowest BCUT2D eigenvalue weighted by Gasteiger charge is -2.21. The fourth-order valence-electron chi connectivity index (χ4n) is 2.21. The fourth-order valence-corrected chi connectivity index (χ4v) is 2.93. The molecule has 0 saturated carbocycles. The summed E-state index contributed by atoms with van der Waals surface area (Å²) in [6, 6.07) is 5.56. The van der Waals surface area contributed by atoms with E-state index in [4.69, 9.17) is 16.3 Å². The molecule has 1 N–H and O–H groups in total. The molecule has 1 heterocycles. The third kappa shape index (κ3) is 3.56. The molecular formula is C14H18BrClN4O. The van der Waals surface area contributed by atoms with Crippen LogP contribution in [0.25, 0.3) is 0 Å². The zero-order valence-corrected chi connectivity index (χ0v) is 14.6. The standard InChI is InChI=1S/C14H18BrClN4O/c1-4-7-17-12(13-14(15)18-19-20(13)2)10-6-5-9(16)8-11(10)21-3/h5-6,8,12,17H,4,7H2,1-3H3. The maximum atomic E-state index is 6.05. The minimum absolute atomic E-state index is 0.0773. The maximum Gasteiger partial charge on any atom is 0.153 e. The number of nitrogens with zero attached hydrogens (tertiary/aromatic N) is 3. The van der Waals surface area contributed by atoms with Crippen LogP contribution in [0, 0.1) is 0 Å². The molecule has 2 rings (SSSR count). The van der Waals surface area contributed by atoms with Gasteiger partial charge in [0.2, 0.25) is 0 Å². The molecule has 1 aromatic heterocycles. The topological polar surface area (TPSA) is 52.0 Å². The van der Waals surface area contributed by atoms with Gasteiger partial charge in [-0.05, 0) is 41.0 Å². The Labute approximate surface area is 137 Å². The number of aromatic nitrogens is 3. The van der Waals surface area contributed by atoms with Crippen molar-refractivity contribution in [1.82, 2.24) is 20.3 Å². The van der Waals surface area contributed by atoms with Crippen LogP contribution in [0.2, 0.25) is 5.02 Å². The normalized spacial score (nSPS) is 12.4. The summed E-state index contributed by atoms with van der Waals surface area (Å²) in [6.45, 7) is 2.99. The van der Waals surface area contributed by atoms with Crippen molar-refractivity contribution in [3.8, 4) is 5.75 Å². The number of hydrogen-bond donors (Lipinski definition) is 1. The first-order chi connectivity index (χ1) is 10.1. The Kier molecular flexibility index (Phi) is 5.61. The van der Waals surface area contributed by atoms with Crippen LogP contribution >= 0.6 is 27.5 Å². The molecular weight excluding hydrogens is 356 g/mol. The molecule has 7 heteroatoms. The van der Waals surface area contributed by atoms with Crippen molar-refractivity contribution < 1.29 is 4.74 Å². The number of hydrogen-bond acceptors (Lipinski definition) is 4. The second kappa shape index (κ2) is 7.24. The average Bonchev–Trinajstić information content (AvgIpc) is 2.80. The third-order valence-corrected chi connectivity index (χ3v) is 4.01. The Balaban J connectivity index is 2.50. The van der Waals surface area contributed by atoms with Crippen LogP contribution in [0.4, 0.5) is 0 Å². The Morgan fingerprint density at radius 3 is 2.81 bits per heavy atom. The van der Waals surface area contributed by atoms with Crippen LogP contribution in [-0.2, 0) is 7.05 Å². The SMILES string of the molecule is CCCNC(c1ccc(Cl)cc1OC)c1c(Br)nnn1C. The highest BCUT2D eigenvalue weighted by Gasteiger charge is 2.24. The highest BCUT2D eigenvalue weighted by Crippen LogP contribution is 2.34. The summed E-state index contributed by atoms with van der Waals surface area (Å²) in [5, 5.41) is 12.3. The first-order valence-electron chi connectivity index (χ1n) is 6.70. The van der Waals surface area contributed by atoms with E-state index in [1.165, 1.54) is 0 Å². The molecule has 0 radical (unpaired) electrons. The lowest BCUT2D eigenvalue weighted by Crippen LogP contribution is -2.26.